The van der Waals surface area contributed by atoms with Gasteiger partial charge >= 0.3 is 5.97 Å². The number of esters is 1. The zero-order valence-electron chi connectivity index (χ0n) is 11.1. The van der Waals surface area contributed by atoms with Crippen LogP contribution >= 0.6 is 28.1 Å². The molecule has 0 saturated carbocycles. The van der Waals surface area contributed by atoms with Gasteiger partial charge in [0, 0.05) is 21.8 Å². The Morgan fingerprint density at radius 2 is 2.16 bits per heavy atom. The molecule has 0 aliphatic rings. The largest absolute Gasteiger partial charge is 0.468 e. The molecule has 0 amide bonds. The van der Waals surface area contributed by atoms with Crippen molar-refractivity contribution in [1.29, 1.82) is 0 Å². The Labute approximate surface area is 127 Å². The van der Waals surface area contributed by atoms with Crippen molar-refractivity contribution in [2.75, 3.05) is 18.6 Å². The van der Waals surface area contributed by atoms with Crippen LogP contribution in [0, 0.1) is 0 Å². The fraction of sp³-hybridized carbons (Fsp3) is 0.385. The van der Waals surface area contributed by atoms with Gasteiger partial charge in [-0.05, 0) is 48.0 Å². The maximum absolute atomic E-state index is 11.4. The van der Waals surface area contributed by atoms with Gasteiger partial charge in [0.25, 0.3) is 0 Å². The Balaban J connectivity index is 3.07. The van der Waals surface area contributed by atoms with Crippen LogP contribution in [0.5, 0.6) is 0 Å². The van der Waals surface area contributed by atoms with Gasteiger partial charge in [-0.3, -0.25) is 4.79 Å². The van der Waals surface area contributed by atoms with Crippen molar-refractivity contribution in [1.82, 2.24) is 0 Å². The summed E-state index contributed by atoms with van der Waals surface area (Å²) in [7, 11) is 1.38. The molecular weight excluding hydrogens is 328 g/mol. The lowest BCUT2D eigenvalue weighted by Gasteiger charge is -2.28. The molecule has 1 rings (SSSR count). The molecule has 1 aromatic rings. The second kappa shape index (κ2) is 6.86. The number of carbonyl (C=O) groups excluding carboxylic acids is 1. The van der Waals surface area contributed by atoms with Crippen LogP contribution in [-0.2, 0) is 9.53 Å². The molecule has 104 valence electrons. The van der Waals surface area contributed by atoms with E-state index < -0.39 is 0 Å². The van der Waals surface area contributed by atoms with Gasteiger partial charge < -0.3 is 15.4 Å². The van der Waals surface area contributed by atoms with E-state index in [0.29, 0.717) is 4.99 Å². The molecule has 0 spiro atoms. The van der Waals surface area contributed by atoms with E-state index in [1.54, 1.807) is 0 Å². The molecule has 2 N–H and O–H groups in total. The number of thiocarbonyl (C=S) groups is 1. The van der Waals surface area contributed by atoms with Gasteiger partial charge in [-0.15, -0.1) is 0 Å². The lowest BCUT2D eigenvalue weighted by molar-refractivity contribution is -0.139. The monoisotopic (exact) mass is 344 g/mol. The third kappa shape index (κ3) is 4.18. The topological polar surface area (TPSA) is 55.6 Å². The van der Waals surface area contributed by atoms with Crippen molar-refractivity contribution >= 4 is 44.8 Å². The molecule has 19 heavy (non-hydrogen) atoms. The predicted octanol–water partition coefficient (Wildman–Crippen LogP) is 2.47. The first-order chi connectivity index (χ1) is 8.86. The molecule has 4 nitrogen and oxygen atoms in total. The second-order valence-corrected chi connectivity index (χ2v) is 5.62. The zero-order chi connectivity index (χ0) is 14.6. The quantitative estimate of drug-likeness (QED) is 0.656. The molecule has 0 unspecified atom stereocenters. The number of carbonyl (C=O) groups is 1. The predicted molar refractivity (Wildman–Crippen MR) is 84.5 cm³/mol. The van der Waals surface area contributed by atoms with Crippen molar-refractivity contribution in [3.63, 3.8) is 0 Å². The molecule has 0 aliphatic heterocycles. The Kier molecular flexibility index (Phi) is 5.75. The van der Waals surface area contributed by atoms with Crippen molar-refractivity contribution in [3.05, 3.63) is 28.2 Å². The number of halogens is 1. The van der Waals surface area contributed by atoms with E-state index in [9.17, 15) is 4.79 Å². The number of hydrogen-bond donors (Lipinski definition) is 1. The maximum atomic E-state index is 11.4. The molecule has 0 heterocycles. The number of ether oxygens (including phenoxy) is 1. The zero-order valence-corrected chi connectivity index (χ0v) is 13.5. The first-order valence-electron chi connectivity index (χ1n) is 5.79. The molecular formula is C13H17BrN2O2S. The van der Waals surface area contributed by atoms with Gasteiger partial charge in [-0.1, -0.05) is 12.2 Å². The average Bonchev–Trinajstić information content (AvgIpc) is 2.34. The summed E-state index contributed by atoms with van der Waals surface area (Å²) < 4.78 is 5.52. The Morgan fingerprint density at radius 3 is 2.58 bits per heavy atom. The molecule has 0 saturated heterocycles. The summed E-state index contributed by atoms with van der Waals surface area (Å²) in [4.78, 5) is 13.7. The van der Waals surface area contributed by atoms with Crippen molar-refractivity contribution < 1.29 is 9.53 Å². The Morgan fingerprint density at radius 1 is 1.53 bits per heavy atom. The summed E-state index contributed by atoms with van der Waals surface area (Å²) in [5.74, 6) is -0.275. The van der Waals surface area contributed by atoms with E-state index in [4.69, 9.17) is 22.7 Å². The number of benzene rings is 1. The van der Waals surface area contributed by atoms with E-state index in [1.165, 1.54) is 7.11 Å². The molecule has 0 atom stereocenters. The lowest BCUT2D eigenvalue weighted by Crippen LogP contribution is -2.36. The van der Waals surface area contributed by atoms with Gasteiger partial charge in [0.2, 0.25) is 0 Å². The highest BCUT2D eigenvalue weighted by Crippen LogP contribution is 2.25. The van der Waals surface area contributed by atoms with Crippen LogP contribution in [0.4, 0.5) is 5.69 Å². The third-order valence-corrected chi connectivity index (χ3v) is 3.58. The minimum atomic E-state index is -0.275. The van der Waals surface area contributed by atoms with Crippen LogP contribution in [0.15, 0.2) is 22.7 Å². The first-order valence-corrected chi connectivity index (χ1v) is 6.99. The number of rotatable bonds is 5. The molecule has 6 heteroatoms. The van der Waals surface area contributed by atoms with Crippen LogP contribution in [0.2, 0.25) is 0 Å². The van der Waals surface area contributed by atoms with Gasteiger partial charge in [-0.25, -0.2) is 0 Å². The molecule has 0 aliphatic carbocycles. The normalized spacial score (nSPS) is 10.4. The first kappa shape index (κ1) is 15.9. The van der Waals surface area contributed by atoms with Crippen LogP contribution < -0.4 is 10.6 Å². The number of methoxy groups -OCH3 is 1. The summed E-state index contributed by atoms with van der Waals surface area (Å²) in [6.07, 6.45) is 0. The highest BCUT2D eigenvalue weighted by atomic mass is 79.9. The van der Waals surface area contributed by atoms with Crippen LogP contribution in [0.25, 0.3) is 0 Å². The van der Waals surface area contributed by atoms with Crippen LogP contribution in [-0.4, -0.2) is 30.7 Å². The molecule has 1 aromatic carbocycles. The van der Waals surface area contributed by atoms with Gasteiger partial charge in [0.05, 0.1) is 7.11 Å². The van der Waals surface area contributed by atoms with Crippen LogP contribution in [0.3, 0.4) is 0 Å². The van der Waals surface area contributed by atoms with Gasteiger partial charge in [0.15, 0.2) is 0 Å². The lowest BCUT2D eigenvalue weighted by atomic mass is 10.1. The van der Waals surface area contributed by atoms with E-state index in [0.717, 1.165) is 15.7 Å². The van der Waals surface area contributed by atoms with Crippen molar-refractivity contribution in [2.24, 2.45) is 5.73 Å². The smallest absolute Gasteiger partial charge is 0.325 e. The van der Waals surface area contributed by atoms with E-state index in [1.807, 2.05) is 36.9 Å². The summed E-state index contributed by atoms with van der Waals surface area (Å²) in [6.45, 7) is 4.23. The van der Waals surface area contributed by atoms with Crippen molar-refractivity contribution in [3.8, 4) is 0 Å². The van der Waals surface area contributed by atoms with Gasteiger partial charge in [0.1, 0.15) is 11.5 Å². The molecule has 0 radical (unpaired) electrons. The van der Waals surface area contributed by atoms with E-state index in [-0.39, 0.29) is 18.6 Å². The number of nitrogens with zero attached hydrogens (tertiary/aromatic N) is 1. The molecule has 0 bridgehead atoms. The fourth-order valence-electron chi connectivity index (χ4n) is 1.66. The SMILES string of the molecule is COC(=O)CN(c1ccc(C(N)=S)c(Br)c1)C(C)C. The van der Waals surface area contributed by atoms with Crippen molar-refractivity contribution in [2.45, 2.75) is 19.9 Å². The standard InChI is InChI=1S/C13H17BrN2O2S/c1-8(2)16(7-12(17)18-3)9-4-5-10(13(15)19)11(14)6-9/h4-6,8H,7H2,1-3H3,(H2,15,19). The number of nitrogens with two attached hydrogens (primary N) is 1. The Bertz CT molecular complexity index is 492. The summed E-state index contributed by atoms with van der Waals surface area (Å²) in [5.41, 5.74) is 7.30. The van der Waals surface area contributed by atoms with Crippen LogP contribution in [0.1, 0.15) is 19.4 Å². The average molecular weight is 345 g/mol. The minimum Gasteiger partial charge on any atom is -0.468 e. The maximum Gasteiger partial charge on any atom is 0.325 e. The van der Waals surface area contributed by atoms with E-state index in [2.05, 4.69) is 15.9 Å². The highest BCUT2D eigenvalue weighted by Gasteiger charge is 2.16. The summed E-state index contributed by atoms with van der Waals surface area (Å²) in [5, 5.41) is 0. The minimum absolute atomic E-state index is 0.168. The highest BCUT2D eigenvalue weighted by molar-refractivity contribution is 9.10. The number of hydrogen-bond acceptors (Lipinski definition) is 4. The van der Waals surface area contributed by atoms with E-state index >= 15 is 0 Å². The molecule has 0 aromatic heterocycles. The third-order valence-electron chi connectivity index (χ3n) is 2.70. The van der Waals surface area contributed by atoms with Gasteiger partial charge in [-0.2, -0.15) is 0 Å². The summed E-state index contributed by atoms with van der Waals surface area (Å²) in [6, 6.07) is 5.80. The summed E-state index contributed by atoms with van der Waals surface area (Å²) >= 11 is 8.40. The second-order valence-electron chi connectivity index (χ2n) is 4.33. The fourth-order valence-corrected chi connectivity index (χ4v) is 2.55. The Hall–Kier alpha value is -1.14. The number of anilines is 1. The molecule has 0 fully saturated rings.